The fourth-order valence-corrected chi connectivity index (χ4v) is 0.342. The molecule has 0 spiro atoms. The van der Waals surface area contributed by atoms with Crippen LogP contribution in [0.5, 0.6) is 0 Å². The number of carbonyl (C=O) groups is 1. The van der Waals surface area contributed by atoms with Gasteiger partial charge in [0, 0.05) is 19.5 Å². The Labute approximate surface area is 85.2 Å². The molecule has 0 saturated carbocycles. The summed E-state index contributed by atoms with van der Waals surface area (Å²) in [5.41, 5.74) is -0.390. The molecule has 0 N–H and O–H groups in total. The molecule has 0 aromatic rings. The molecule has 0 fully saturated rings. The smallest absolute Gasteiger partial charge is 0.165 e. The van der Waals surface area contributed by atoms with E-state index in [0.717, 1.165) is 0 Å². The Hall–Kier alpha value is 0.443. The van der Waals surface area contributed by atoms with Crippen molar-refractivity contribution >= 4 is 23.0 Å². The first-order valence-electron chi connectivity index (χ1n) is 2.47. The van der Waals surface area contributed by atoms with E-state index in [0.29, 0.717) is 0 Å². The van der Waals surface area contributed by atoms with Gasteiger partial charge in [-0.3, -0.25) is 11.7 Å². The zero-order valence-electron chi connectivity index (χ0n) is 6.64. The number of halogens is 1. The summed E-state index contributed by atoms with van der Waals surface area (Å²) in [5.74, 6) is -0.475. The third-order valence-corrected chi connectivity index (χ3v) is 0.420. The van der Waals surface area contributed by atoms with Crippen molar-refractivity contribution in [3.05, 3.63) is 6.92 Å². The summed E-state index contributed by atoms with van der Waals surface area (Å²) in [6.45, 7) is 8.47. The Kier molecular flexibility index (Phi) is 10.4. The van der Waals surface area contributed by atoms with E-state index >= 15 is 0 Å². The van der Waals surface area contributed by atoms with Gasteiger partial charge in [-0.15, -0.1) is 17.0 Å². The molecule has 0 aliphatic rings. The Morgan fingerprint density at radius 1 is 1.40 bits per heavy atom. The molecule has 10 heavy (non-hydrogen) atoms. The van der Waals surface area contributed by atoms with Crippen molar-refractivity contribution in [2.45, 2.75) is 26.4 Å². The second kappa shape index (κ2) is 6.17. The van der Waals surface area contributed by atoms with Crippen LogP contribution in [0.4, 0.5) is 0 Å². The molecule has 0 rings (SSSR count). The Morgan fingerprint density at radius 3 is 1.70 bits per heavy atom. The minimum Gasteiger partial charge on any atom is -0.483 e. The molecule has 58 valence electrons. The van der Waals surface area contributed by atoms with Crippen LogP contribution in [0.25, 0.3) is 0 Å². The van der Waals surface area contributed by atoms with Crippen molar-refractivity contribution in [3.8, 4) is 0 Å². The number of carbonyl (C=O) groups excluding carboxylic acids is 1. The molecule has 0 heterocycles. The number of hydrogen-bond acceptors (Lipinski definition) is 2. The second-order valence-corrected chi connectivity index (χ2v) is 2.59. The zero-order valence-corrected chi connectivity index (χ0v) is 11.3. The maximum absolute atomic E-state index is 10.1. The van der Waals surface area contributed by atoms with Crippen molar-refractivity contribution < 1.29 is 29.0 Å². The first-order chi connectivity index (χ1) is 3.42. The normalized spacial score (nSPS) is 8.70. The molecule has 0 bridgehead atoms. The first-order valence-corrected chi connectivity index (χ1v) is 2.47. The quantitative estimate of drug-likeness (QED) is 0.377. The fraction of sp³-hybridized carbons (Fsp3) is 0.667. The van der Waals surface area contributed by atoms with Crippen LogP contribution in [0.1, 0.15) is 20.8 Å². The number of hydrogen-bond donors (Lipinski definition) is 0. The van der Waals surface area contributed by atoms with Crippen molar-refractivity contribution in [2.75, 3.05) is 0 Å². The topological polar surface area (TPSA) is 26.3 Å². The summed E-state index contributed by atoms with van der Waals surface area (Å²) in [6, 6.07) is 0. The third-order valence-electron chi connectivity index (χ3n) is 0.420. The van der Waals surface area contributed by atoms with Gasteiger partial charge in [0.05, 0.1) is 0 Å². The van der Waals surface area contributed by atoms with Crippen LogP contribution in [-0.2, 0) is 29.0 Å². The van der Waals surface area contributed by atoms with Gasteiger partial charge in [-0.05, 0) is 20.8 Å². The average molecular weight is 261 g/mol. The molecule has 2 nitrogen and oxygen atoms in total. The molecular weight excluding hydrogens is 249 g/mol. The molecule has 0 radical (unpaired) electrons. The summed E-state index contributed by atoms with van der Waals surface area (Å²) in [4.78, 5) is 10.1. The fourth-order valence-electron chi connectivity index (χ4n) is 0.342. The van der Waals surface area contributed by atoms with Crippen molar-refractivity contribution in [1.29, 1.82) is 0 Å². The molecule has 0 saturated heterocycles. The summed E-state index contributed by atoms with van der Waals surface area (Å²) < 4.78 is 4.69. The van der Waals surface area contributed by atoms with Gasteiger partial charge >= 0.3 is 0 Å². The summed E-state index contributed by atoms with van der Waals surface area (Å²) >= 11 is 0. The van der Waals surface area contributed by atoms with E-state index in [-0.39, 0.29) is 36.5 Å². The van der Waals surface area contributed by atoms with Gasteiger partial charge in [0.25, 0.3) is 0 Å². The van der Waals surface area contributed by atoms with Crippen LogP contribution < -0.4 is 0 Å². The number of esters is 1. The summed E-state index contributed by atoms with van der Waals surface area (Å²) in [6.07, 6.45) is 0. The van der Waals surface area contributed by atoms with E-state index in [2.05, 4.69) is 11.7 Å². The molecule has 0 atom stereocenters. The van der Waals surface area contributed by atoms with E-state index in [9.17, 15) is 4.79 Å². The predicted molar refractivity (Wildman–Crippen MR) is 41.5 cm³/mol. The second-order valence-electron chi connectivity index (χ2n) is 2.59. The number of rotatable bonds is 0. The standard InChI is InChI=1S/C6H11O2.BrH.Zn/c1-5(7)8-6(2,3)4;;/h1H2,2-4H3;1H;/q-1;;. The summed E-state index contributed by atoms with van der Waals surface area (Å²) in [5, 5.41) is 0. The molecule has 0 unspecified atom stereocenters. The van der Waals surface area contributed by atoms with Crippen LogP contribution >= 0.6 is 17.0 Å². The van der Waals surface area contributed by atoms with Crippen molar-refractivity contribution in [1.82, 2.24) is 0 Å². The zero-order chi connectivity index (χ0) is 6.78. The van der Waals surface area contributed by atoms with Gasteiger partial charge in [-0.1, -0.05) is 0 Å². The minimum atomic E-state index is -0.475. The van der Waals surface area contributed by atoms with Gasteiger partial charge < -0.3 is 4.74 Å². The van der Waals surface area contributed by atoms with Gasteiger partial charge in [0.2, 0.25) is 0 Å². The van der Waals surface area contributed by atoms with E-state index < -0.39 is 11.6 Å². The van der Waals surface area contributed by atoms with E-state index in [1.54, 1.807) is 20.8 Å². The number of ether oxygens (including phenoxy) is 1. The van der Waals surface area contributed by atoms with Crippen LogP contribution in [0.3, 0.4) is 0 Å². The first kappa shape index (κ1) is 16.8. The molecule has 4 heteroatoms. The van der Waals surface area contributed by atoms with Gasteiger partial charge in [0.1, 0.15) is 5.60 Å². The van der Waals surface area contributed by atoms with Crippen molar-refractivity contribution in [2.24, 2.45) is 0 Å². The van der Waals surface area contributed by atoms with Gasteiger partial charge in [-0.2, -0.15) is 0 Å². The molecular formula is C6H12BrO2Zn-. The minimum absolute atomic E-state index is 0. The SMILES string of the molecule is Br.[CH2-]C(=O)OC(C)(C)C.[Zn]. The van der Waals surface area contributed by atoms with Gasteiger partial charge in [-0.25, -0.2) is 0 Å². The molecule has 0 aliphatic carbocycles. The van der Waals surface area contributed by atoms with Crippen LogP contribution in [0.15, 0.2) is 0 Å². The van der Waals surface area contributed by atoms with Crippen LogP contribution in [0.2, 0.25) is 0 Å². The molecule has 0 amide bonds. The van der Waals surface area contributed by atoms with E-state index in [1.165, 1.54) is 0 Å². The Morgan fingerprint density at radius 2 is 1.70 bits per heavy atom. The Bertz CT molecular complexity index is 98.4. The summed E-state index contributed by atoms with van der Waals surface area (Å²) in [7, 11) is 0. The molecule has 0 aromatic heterocycles. The largest absolute Gasteiger partial charge is 0.483 e. The maximum Gasteiger partial charge on any atom is 0.165 e. The van der Waals surface area contributed by atoms with Crippen LogP contribution in [-0.4, -0.2) is 11.6 Å². The van der Waals surface area contributed by atoms with E-state index in [4.69, 9.17) is 0 Å². The van der Waals surface area contributed by atoms with Gasteiger partial charge in [0.15, 0.2) is 5.97 Å². The van der Waals surface area contributed by atoms with E-state index in [1.807, 2.05) is 0 Å². The third kappa shape index (κ3) is 15.8. The predicted octanol–water partition coefficient (Wildman–Crippen LogP) is 1.74. The average Bonchev–Trinajstić information content (AvgIpc) is 1.21. The monoisotopic (exact) mass is 259 g/mol. The Balaban J connectivity index is -0.000000245. The maximum atomic E-state index is 10.1. The van der Waals surface area contributed by atoms with Crippen molar-refractivity contribution in [3.63, 3.8) is 0 Å². The van der Waals surface area contributed by atoms with Crippen LogP contribution in [0, 0.1) is 6.92 Å². The molecule has 0 aliphatic heterocycles. The molecule has 0 aromatic carbocycles.